The van der Waals surface area contributed by atoms with Crippen LogP contribution in [-0.2, 0) is 16.6 Å². The van der Waals surface area contributed by atoms with Crippen molar-refractivity contribution < 1.29 is 13.2 Å². The first-order valence-electron chi connectivity index (χ1n) is 8.47. The maximum atomic E-state index is 12.3. The molecule has 0 saturated carbocycles. The lowest BCUT2D eigenvalue weighted by Gasteiger charge is -2.21. The molecular formula is C17H24N4O3S. The SMILES string of the molecule is CS(=O)(=O)N1CCCN(C(=O)NCCn2ccc3ccccc32)CC1. The van der Waals surface area contributed by atoms with Crippen molar-refractivity contribution in [1.29, 1.82) is 0 Å². The van der Waals surface area contributed by atoms with Crippen molar-refractivity contribution in [3.63, 3.8) is 0 Å². The second-order valence-corrected chi connectivity index (χ2v) is 8.28. The fourth-order valence-electron chi connectivity index (χ4n) is 3.16. The third kappa shape index (κ3) is 4.32. The molecule has 0 bridgehead atoms. The van der Waals surface area contributed by atoms with Crippen LogP contribution in [0, 0.1) is 0 Å². The van der Waals surface area contributed by atoms with Crippen molar-refractivity contribution in [1.82, 2.24) is 19.1 Å². The quantitative estimate of drug-likeness (QED) is 0.889. The van der Waals surface area contributed by atoms with Crippen LogP contribution in [0.2, 0.25) is 0 Å². The Hall–Kier alpha value is -2.06. The van der Waals surface area contributed by atoms with E-state index >= 15 is 0 Å². The zero-order valence-corrected chi connectivity index (χ0v) is 15.2. The maximum Gasteiger partial charge on any atom is 0.317 e. The molecule has 0 radical (unpaired) electrons. The summed E-state index contributed by atoms with van der Waals surface area (Å²) in [6.07, 6.45) is 3.89. The van der Waals surface area contributed by atoms with Crippen molar-refractivity contribution in [3.05, 3.63) is 36.5 Å². The number of amides is 2. The zero-order chi connectivity index (χ0) is 17.9. The molecule has 25 heavy (non-hydrogen) atoms. The minimum absolute atomic E-state index is 0.133. The van der Waals surface area contributed by atoms with E-state index in [1.165, 1.54) is 15.9 Å². The lowest BCUT2D eigenvalue weighted by atomic mass is 10.2. The van der Waals surface area contributed by atoms with Crippen LogP contribution in [0.3, 0.4) is 0 Å². The lowest BCUT2D eigenvalue weighted by Crippen LogP contribution is -2.43. The Morgan fingerprint density at radius 3 is 2.72 bits per heavy atom. The predicted octanol–water partition coefficient (Wildman–Crippen LogP) is 1.32. The third-order valence-corrected chi connectivity index (χ3v) is 5.82. The van der Waals surface area contributed by atoms with E-state index < -0.39 is 10.0 Å². The molecule has 7 nitrogen and oxygen atoms in total. The second-order valence-electron chi connectivity index (χ2n) is 6.30. The monoisotopic (exact) mass is 364 g/mol. The Morgan fingerprint density at radius 2 is 1.92 bits per heavy atom. The number of urea groups is 1. The third-order valence-electron chi connectivity index (χ3n) is 4.52. The van der Waals surface area contributed by atoms with Gasteiger partial charge >= 0.3 is 6.03 Å². The highest BCUT2D eigenvalue weighted by atomic mass is 32.2. The molecule has 8 heteroatoms. The largest absolute Gasteiger partial charge is 0.346 e. The summed E-state index contributed by atoms with van der Waals surface area (Å²) < 4.78 is 26.8. The van der Waals surface area contributed by atoms with Gasteiger partial charge in [-0.25, -0.2) is 17.5 Å². The molecular weight excluding hydrogens is 340 g/mol. The number of fused-ring (bicyclic) bond motifs is 1. The first kappa shape index (κ1) is 17.8. The van der Waals surface area contributed by atoms with Gasteiger partial charge in [0.15, 0.2) is 0 Å². The van der Waals surface area contributed by atoms with Crippen molar-refractivity contribution in [3.8, 4) is 0 Å². The molecule has 1 saturated heterocycles. The van der Waals surface area contributed by atoms with Crippen molar-refractivity contribution >= 4 is 27.0 Å². The van der Waals surface area contributed by atoms with Gasteiger partial charge in [-0.05, 0) is 23.9 Å². The number of nitrogens with one attached hydrogen (secondary N) is 1. The van der Waals surface area contributed by atoms with Gasteiger partial charge in [0.2, 0.25) is 10.0 Å². The van der Waals surface area contributed by atoms with Gasteiger partial charge in [-0.1, -0.05) is 18.2 Å². The summed E-state index contributed by atoms with van der Waals surface area (Å²) in [5.74, 6) is 0. The van der Waals surface area contributed by atoms with E-state index in [0.717, 1.165) is 5.52 Å². The number of nitrogens with zero attached hydrogens (tertiary/aromatic N) is 3. The summed E-state index contributed by atoms with van der Waals surface area (Å²) in [7, 11) is -3.19. The van der Waals surface area contributed by atoms with Crippen LogP contribution in [0.5, 0.6) is 0 Å². The zero-order valence-electron chi connectivity index (χ0n) is 14.4. The molecule has 3 rings (SSSR count). The molecule has 2 aromatic rings. The number of para-hydroxylation sites is 1. The lowest BCUT2D eigenvalue weighted by molar-refractivity contribution is 0.200. The van der Waals surface area contributed by atoms with E-state index in [9.17, 15) is 13.2 Å². The van der Waals surface area contributed by atoms with Crippen molar-refractivity contribution in [2.75, 3.05) is 39.0 Å². The summed E-state index contributed by atoms with van der Waals surface area (Å²) in [6, 6.07) is 10.1. The number of carbonyl (C=O) groups excluding carboxylic acids is 1. The van der Waals surface area contributed by atoms with Gasteiger partial charge in [-0.2, -0.15) is 0 Å². The number of sulfonamides is 1. The van der Waals surface area contributed by atoms with Gasteiger partial charge in [0, 0.05) is 51.0 Å². The van der Waals surface area contributed by atoms with Crippen LogP contribution in [0.1, 0.15) is 6.42 Å². The molecule has 1 fully saturated rings. The fourth-order valence-corrected chi connectivity index (χ4v) is 4.03. The highest BCUT2D eigenvalue weighted by Crippen LogP contribution is 2.14. The molecule has 136 valence electrons. The smallest absolute Gasteiger partial charge is 0.317 e. The molecule has 2 amide bonds. The first-order valence-corrected chi connectivity index (χ1v) is 10.3. The molecule has 1 aromatic heterocycles. The Bertz CT molecular complexity index is 846. The van der Waals surface area contributed by atoms with Gasteiger partial charge in [-0.3, -0.25) is 0 Å². The fraction of sp³-hybridized carbons (Fsp3) is 0.471. The number of aromatic nitrogens is 1. The van der Waals surface area contributed by atoms with Crippen LogP contribution in [0.4, 0.5) is 4.79 Å². The molecule has 2 heterocycles. The van der Waals surface area contributed by atoms with E-state index in [0.29, 0.717) is 45.7 Å². The van der Waals surface area contributed by atoms with Crippen molar-refractivity contribution in [2.45, 2.75) is 13.0 Å². The molecule has 1 aliphatic rings. The maximum absolute atomic E-state index is 12.3. The van der Waals surface area contributed by atoms with Gasteiger partial charge in [0.05, 0.1) is 6.26 Å². The van der Waals surface area contributed by atoms with E-state index in [1.54, 1.807) is 4.90 Å². The minimum atomic E-state index is -3.19. The summed E-state index contributed by atoms with van der Waals surface area (Å²) in [6.45, 7) is 3.05. The minimum Gasteiger partial charge on any atom is -0.346 e. The molecule has 1 aromatic carbocycles. The first-order chi connectivity index (χ1) is 11.9. The Kier molecular flexibility index (Phi) is 5.29. The van der Waals surface area contributed by atoms with Gasteiger partial charge in [0.1, 0.15) is 0 Å². The number of carbonyl (C=O) groups is 1. The molecule has 0 unspecified atom stereocenters. The molecule has 1 N–H and O–H groups in total. The molecule has 0 atom stereocenters. The van der Waals surface area contributed by atoms with E-state index in [1.807, 2.05) is 18.3 Å². The molecule has 0 aliphatic carbocycles. The Labute approximate surface area is 148 Å². The summed E-state index contributed by atoms with van der Waals surface area (Å²) >= 11 is 0. The van der Waals surface area contributed by atoms with Gasteiger partial charge in [-0.15, -0.1) is 0 Å². The van der Waals surface area contributed by atoms with E-state index in [2.05, 4.69) is 28.1 Å². The van der Waals surface area contributed by atoms with E-state index in [-0.39, 0.29) is 6.03 Å². The van der Waals surface area contributed by atoms with Crippen LogP contribution in [-0.4, -0.2) is 67.2 Å². The second kappa shape index (κ2) is 7.45. The van der Waals surface area contributed by atoms with Crippen LogP contribution in [0.25, 0.3) is 10.9 Å². The van der Waals surface area contributed by atoms with Crippen LogP contribution >= 0.6 is 0 Å². The summed E-state index contributed by atoms with van der Waals surface area (Å²) in [5.41, 5.74) is 1.15. The highest BCUT2D eigenvalue weighted by Gasteiger charge is 2.23. The van der Waals surface area contributed by atoms with Crippen LogP contribution in [0.15, 0.2) is 36.5 Å². The normalized spacial score (nSPS) is 16.8. The average molecular weight is 364 g/mol. The number of benzene rings is 1. The van der Waals surface area contributed by atoms with Gasteiger partial charge < -0.3 is 14.8 Å². The average Bonchev–Trinajstić information content (AvgIpc) is 2.80. The number of hydrogen-bond acceptors (Lipinski definition) is 3. The van der Waals surface area contributed by atoms with E-state index in [4.69, 9.17) is 0 Å². The van der Waals surface area contributed by atoms with Crippen molar-refractivity contribution in [2.24, 2.45) is 0 Å². The Balaban J connectivity index is 1.51. The summed E-state index contributed by atoms with van der Waals surface area (Å²) in [4.78, 5) is 14.0. The molecule has 0 spiro atoms. The van der Waals surface area contributed by atoms with Crippen LogP contribution < -0.4 is 5.32 Å². The standard InChI is InChI=1S/C17H24N4O3S/c1-25(23,24)21-10-4-9-20(13-14-21)17(22)18-8-12-19-11-7-15-5-2-3-6-16(15)19/h2-3,5-7,11H,4,8-10,12-14H2,1H3,(H,18,22). The predicted molar refractivity (Wildman–Crippen MR) is 97.9 cm³/mol. The Morgan fingerprint density at radius 1 is 1.12 bits per heavy atom. The molecule has 1 aliphatic heterocycles. The topological polar surface area (TPSA) is 74.7 Å². The summed E-state index contributed by atoms with van der Waals surface area (Å²) in [5, 5.41) is 4.12. The highest BCUT2D eigenvalue weighted by molar-refractivity contribution is 7.88. The number of hydrogen-bond donors (Lipinski definition) is 1. The number of rotatable bonds is 4. The van der Waals surface area contributed by atoms with Gasteiger partial charge in [0.25, 0.3) is 0 Å².